The fraction of sp³-hybridized carbons (Fsp3) is 0.686. The van der Waals surface area contributed by atoms with E-state index in [1.54, 1.807) is 0 Å². The van der Waals surface area contributed by atoms with Crippen LogP contribution in [0.1, 0.15) is 82.7 Å². The number of carbonyl (C=O) groups excluding carboxylic acids is 1. The summed E-state index contributed by atoms with van der Waals surface area (Å²) in [6, 6.07) is 9.41. The summed E-state index contributed by atoms with van der Waals surface area (Å²) in [4.78, 5) is 25.3. The molecule has 46 heavy (non-hydrogen) atoms. The zero-order chi connectivity index (χ0) is 31.4. The maximum absolute atomic E-state index is 13.1. The number of carbonyl (C=O) groups is 1. The zero-order valence-corrected chi connectivity index (χ0v) is 27.6. The van der Waals surface area contributed by atoms with Gasteiger partial charge in [-0.1, -0.05) is 36.6 Å². The minimum Gasteiger partial charge on any atom is -0.367 e. The lowest BCUT2D eigenvalue weighted by atomic mass is 9.90. The average molecular weight is 631 g/mol. The number of ketones is 1. The van der Waals surface area contributed by atoms with E-state index in [2.05, 4.69) is 48.6 Å². The molecule has 1 aliphatic carbocycles. The van der Waals surface area contributed by atoms with Crippen LogP contribution in [-0.2, 0) is 17.8 Å². The molecule has 4 N–H and O–H groups in total. The van der Waals surface area contributed by atoms with E-state index in [4.69, 9.17) is 9.97 Å². The Bertz CT molecular complexity index is 1360. The van der Waals surface area contributed by atoms with Crippen molar-refractivity contribution >= 4 is 28.5 Å². The van der Waals surface area contributed by atoms with Crippen LogP contribution in [-0.4, -0.2) is 88.6 Å². The Morgan fingerprint density at radius 3 is 2.54 bits per heavy atom. The minimum absolute atomic E-state index is 0.0861. The first-order valence-electron chi connectivity index (χ1n) is 18.1. The molecule has 4 heterocycles. The fourth-order valence-electron chi connectivity index (χ4n) is 7.21. The maximum atomic E-state index is 13.1. The smallest absolute Gasteiger partial charge is 0.227 e. The molecule has 1 saturated carbocycles. The molecule has 11 nitrogen and oxygen atoms in total. The van der Waals surface area contributed by atoms with Crippen LogP contribution in [0.4, 0.5) is 11.8 Å². The summed E-state index contributed by atoms with van der Waals surface area (Å²) in [5, 5.41) is 24.1. The Morgan fingerprint density at radius 2 is 1.70 bits per heavy atom. The van der Waals surface area contributed by atoms with Crippen molar-refractivity contribution < 1.29 is 4.79 Å². The first kappa shape index (κ1) is 32.8. The van der Waals surface area contributed by atoms with Crippen molar-refractivity contribution in [2.75, 3.05) is 56.0 Å². The van der Waals surface area contributed by atoms with Crippen molar-refractivity contribution in [3.05, 3.63) is 36.2 Å². The lowest BCUT2D eigenvalue weighted by molar-refractivity contribution is -0.123. The number of rotatable bonds is 16. The van der Waals surface area contributed by atoms with E-state index in [0.717, 1.165) is 119 Å². The number of para-hydroxylation sites is 1. The van der Waals surface area contributed by atoms with Gasteiger partial charge in [-0.3, -0.25) is 9.48 Å². The van der Waals surface area contributed by atoms with Gasteiger partial charge in [-0.25, -0.2) is 4.98 Å². The second kappa shape index (κ2) is 17.1. The molecule has 3 aromatic rings. The number of aromatic nitrogens is 5. The lowest BCUT2D eigenvalue weighted by Crippen LogP contribution is -2.38. The highest BCUT2D eigenvalue weighted by atomic mass is 16.1. The summed E-state index contributed by atoms with van der Waals surface area (Å²) in [7, 11) is 0. The number of nitrogens with one attached hydrogen (secondary N) is 4. The van der Waals surface area contributed by atoms with E-state index in [1.807, 2.05) is 23.0 Å². The van der Waals surface area contributed by atoms with Gasteiger partial charge in [-0.05, 0) is 96.2 Å². The number of anilines is 2. The number of benzene rings is 1. The Balaban J connectivity index is 0.886. The topological polar surface area (TPSA) is 125 Å². The molecule has 0 bridgehead atoms. The fourth-order valence-corrected chi connectivity index (χ4v) is 7.21. The molecular formula is C35H54N10O. The number of piperidine rings is 2. The summed E-state index contributed by atoms with van der Waals surface area (Å²) in [6.07, 6.45) is 16.1. The molecule has 11 heteroatoms. The SMILES string of the molecule is O=C(CCc1cn(CCCNCCCNC2CCCCC2)nn1)C1CCN(c2nc(NC3CCNCC3)c3ccccc3n2)CC1. The molecule has 250 valence electrons. The van der Waals surface area contributed by atoms with Gasteiger partial charge < -0.3 is 26.2 Å². The summed E-state index contributed by atoms with van der Waals surface area (Å²) < 4.78 is 1.92. The van der Waals surface area contributed by atoms with Crippen LogP contribution in [0.3, 0.4) is 0 Å². The van der Waals surface area contributed by atoms with E-state index < -0.39 is 0 Å². The third kappa shape index (κ3) is 9.45. The molecule has 2 aliphatic heterocycles. The molecule has 0 unspecified atom stereocenters. The van der Waals surface area contributed by atoms with Gasteiger partial charge >= 0.3 is 0 Å². The highest BCUT2D eigenvalue weighted by Crippen LogP contribution is 2.28. The number of hydrogen-bond donors (Lipinski definition) is 4. The lowest BCUT2D eigenvalue weighted by Gasteiger charge is -2.32. The van der Waals surface area contributed by atoms with Crippen molar-refractivity contribution in [3.8, 4) is 0 Å². The molecule has 2 saturated heterocycles. The summed E-state index contributed by atoms with van der Waals surface area (Å²) >= 11 is 0. The highest BCUT2D eigenvalue weighted by Gasteiger charge is 2.27. The van der Waals surface area contributed by atoms with Gasteiger partial charge in [0.05, 0.1) is 11.2 Å². The highest BCUT2D eigenvalue weighted by molar-refractivity contribution is 5.90. The van der Waals surface area contributed by atoms with Crippen molar-refractivity contribution in [3.63, 3.8) is 0 Å². The van der Waals surface area contributed by atoms with E-state index in [-0.39, 0.29) is 5.92 Å². The third-order valence-corrected chi connectivity index (χ3v) is 10.0. The summed E-state index contributed by atoms with van der Waals surface area (Å²) in [6.45, 7) is 7.64. The second-order valence-corrected chi connectivity index (χ2v) is 13.5. The first-order valence-corrected chi connectivity index (χ1v) is 18.1. The average Bonchev–Trinajstić information content (AvgIpc) is 3.57. The Kier molecular flexibility index (Phi) is 12.2. The normalized spacial score (nSPS) is 18.7. The summed E-state index contributed by atoms with van der Waals surface area (Å²) in [5.74, 6) is 2.11. The van der Waals surface area contributed by atoms with Crippen LogP contribution < -0.4 is 26.2 Å². The third-order valence-electron chi connectivity index (χ3n) is 10.0. The number of Topliss-reactive ketones (excluding diaryl/α,β-unsaturated/α-hetero) is 1. The Hall–Kier alpha value is -3.15. The largest absolute Gasteiger partial charge is 0.367 e. The van der Waals surface area contributed by atoms with Crippen LogP contribution in [0.15, 0.2) is 30.5 Å². The van der Waals surface area contributed by atoms with E-state index in [1.165, 1.54) is 38.5 Å². The van der Waals surface area contributed by atoms with Crippen LogP contribution >= 0.6 is 0 Å². The molecule has 0 spiro atoms. The van der Waals surface area contributed by atoms with Gasteiger partial charge in [-0.2, -0.15) is 4.98 Å². The number of fused-ring (bicyclic) bond motifs is 1. The molecule has 0 atom stereocenters. The van der Waals surface area contributed by atoms with Gasteiger partial charge in [0, 0.05) is 62.1 Å². The Labute approximate surface area is 274 Å². The molecule has 3 fully saturated rings. The van der Waals surface area contributed by atoms with Crippen molar-refractivity contribution in [2.24, 2.45) is 5.92 Å². The van der Waals surface area contributed by atoms with E-state index in [0.29, 0.717) is 24.7 Å². The second-order valence-electron chi connectivity index (χ2n) is 13.5. The zero-order valence-electron chi connectivity index (χ0n) is 27.6. The number of hydrogen-bond acceptors (Lipinski definition) is 10. The molecule has 0 amide bonds. The number of aryl methyl sites for hydroxylation is 2. The Morgan fingerprint density at radius 1 is 0.891 bits per heavy atom. The van der Waals surface area contributed by atoms with Gasteiger partial charge in [0.15, 0.2) is 0 Å². The van der Waals surface area contributed by atoms with Gasteiger partial charge in [0.25, 0.3) is 0 Å². The molecule has 2 aromatic heterocycles. The van der Waals surface area contributed by atoms with E-state index >= 15 is 0 Å². The standard InChI is InChI=1S/C35H54N10O/c46-33(13-12-30-26-45(43-42-30)23-7-19-36-18-6-20-38-28-8-2-1-3-9-28)27-16-24-44(25-17-27)35-40-32-11-5-4-10-31(32)34(41-35)39-29-14-21-37-22-15-29/h4-5,10-11,26-29,36-38H,1-3,6-9,12-25H2,(H,39,40,41). The molecule has 1 aromatic carbocycles. The van der Waals surface area contributed by atoms with Gasteiger partial charge in [-0.15, -0.1) is 5.10 Å². The van der Waals surface area contributed by atoms with Crippen molar-refractivity contribution in [1.29, 1.82) is 0 Å². The van der Waals surface area contributed by atoms with E-state index in [9.17, 15) is 4.79 Å². The first-order chi connectivity index (χ1) is 22.7. The van der Waals surface area contributed by atoms with Gasteiger partial charge in [0.1, 0.15) is 11.6 Å². The monoisotopic (exact) mass is 630 g/mol. The van der Waals surface area contributed by atoms with Crippen LogP contribution in [0, 0.1) is 5.92 Å². The predicted octanol–water partition coefficient (Wildman–Crippen LogP) is 4.10. The quantitative estimate of drug-likeness (QED) is 0.172. The predicted molar refractivity (Wildman–Crippen MR) is 184 cm³/mol. The van der Waals surface area contributed by atoms with Crippen molar-refractivity contribution in [2.45, 2.75) is 102 Å². The summed E-state index contributed by atoms with van der Waals surface area (Å²) in [5.41, 5.74) is 1.87. The molecular weight excluding hydrogens is 576 g/mol. The van der Waals surface area contributed by atoms with Crippen LogP contribution in [0.5, 0.6) is 0 Å². The van der Waals surface area contributed by atoms with Crippen LogP contribution in [0.2, 0.25) is 0 Å². The minimum atomic E-state index is 0.0861. The van der Waals surface area contributed by atoms with Crippen molar-refractivity contribution in [1.82, 2.24) is 40.9 Å². The van der Waals surface area contributed by atoms with Crippen LogP contribution in [0.25, 0.3) is 10.9 Å². The molecule has 0 radical (unpaired) electrons. The molecule has 6 rings (SSSR count). The molecule has 3 aliphatic rings. The van der Waals surface area contributed by atoms with Gasteiger partial charge in [0.2, 0.25) is 5.95 Å². The number of nitrogens with zero attached hydrogens (tertiary/aromatic N) is 6. The maximum Gasteiger partial charge on any atom is 0.227 e.